The lowest BCUT2D eigenvalue weighted by Gasteiger charge is -2.42. The van der Waals surface area contributed by atoms with Crippen molar-refractivity contribution in [1.82, 2.24) is 9.80 Å². The van der Waals surface area contributed by atoms with E-state index in [2.05, 4.69) is 0 Å². The third-order valence-corrected chi connectivity index (χ3v) is 4.80. The van der Waals surface area contributed by atoms with Crippen LogP contribution in [-0.4, -0.2) is 71.7 Å². The van der Waals surface area contributed by atoms with Gasteiger partial charge in [-0.25, -0.2) is 4.39 Å². The molecule has 7 heteroatoms. The number of hydrogen-bond donors (Lipinski definition) is 1. The lowest BCUT2D eigenvalue weighted by Crippen LogP contribution is -2.58. The minimum atomic E-state index is -0.948. The number of aliphatic hydroxyl groups excluding tert-OH is 1. The van der Waals surface area contributed by atoms with E-state index in [0.717, 1.165) is 6.42 Å². The normalized spacial score (nSPS) is 24.0. The van der Waals surface area contributed by atoms with Crippen molar-refractivity contribution in [1.29, 1.82) is 0 Å². The van der Waals surface area contributed by atoms with Gasteiger partial charge in [-0.1, -0.05) is 12.1 Å². The van der Waals surface area contributed by atoms with E-state index < -0.39 is 5.60 Å². The molecule has 0 spiro atoms. The number of rotatable bonds is 5. The van der Waals surface area contributed by atoms with Gasteiger partial charge >= 0.3 is 0 Å². The van der Waals surface area contributed by atoms with E-state index in [9.17, 15) is 19.1 Å². The highest BCUT2D eigenvalue weighted by atomic mass is 19.1. The molecular weight excluding hydrogens is 327 g/mol. The molecule has 2 heterocycles. The van der Waals surface area contributed by atoms with Gasteiger partial charge in [0.1, 0.15) is 11.4 Å². The Balaban J connectivity index is 1.67. The molecule has 1 unspecified atom stereocenters. The van der Waals surface area contributed by atoms with Crippen molar-refractivity contribution in [3.63, 3.8) is 0 Å². The van der Waals surface area contributed by atoms with Crippen LogP contribution in [0.15, 0.2) is 24.3 Å². The van der Waals surface area contributed by atoms with Gasteiger partial charge in [0, 0.05) is 25.9 Å². The first-order valence-electron chi connectivity index (χ1n) is 8.56. The summed E-state index contributed by atoms with van der Waals surface area (Å²) in [6.45, 7) is 1.36. The molecule has 1 aromatic rings. The molecule has 0 bridgehead atoms. The van der Waals surface area contributed by atoms with E-state index in [0.29, 0.717) is 38.1 Å². The second-order valence-electron chi connectivity index (χ2n) is 6.73. The van der Waals surface area contributed by atoms with Crippen LogP contribution in [0.2, 0.25) is 0 Å². The largest absolute Gasteiger partial charge is 0.393 e. The van der Waals surface area contributed by atoms with Crippen LogP contribution in [-0.2, 0) is 20.7 Å². The second-order valence-corrected chi connectivity index (χ2v) is 6.73. The molecule has 1 N–H and O–H groups in total. The fourth-order valence-corrected chi connectivity index (χ4v) is 3.47. The molecule has 136 valence electrons. The van der Waals surface area contributed by atoms with Crippen LogP contribution in [0.1, 0.15) is 18.4 Å². The Hall–Kier alpha value is -1.99. The van der Waals surface area contributed by atoms with Crippen LogP contribution < -0.4 is 0 Å². The number of carbonyl (C=O) groups excluding carboxylic acids is 2. The first-order valence-corrected chi connectivity index (χ1v) is 8.56. The van der Waals surface area contributed by atoms with E-state index in [4.69, 9.17) is 4.74 Å². The minimum Gasteiger partial charge on any atom is -0.393 e. The van der Waals surface area contributed by atoms with Gasteiger partial charge in [-0.05, 0) is 24.1 Å². The Labute approximate surface area is 146 Å². The average molecular weight is 350 g/mol. The lowest BCUT2D eigenvalue weighted by molar-refractivity contribution is -0.159. The topological polar surface area (TPSA) is 70.1 Å². The van der Waals surface area contributed by atoms with E-state index in [1.54, 1.807) is 21.9 Å². The molecule has 3 rings (SSSR count). The first kappa shape index (κ1) is 17.8. The number of likely N-dealkylation sites (tertiary alicyclic amines) is 1. The van der Waals surface area contributed by atoms with E-state index in [1.165, 1.54) is 12.1 Å². The Morgan fingerprint density at radius 2 is 2.20 bits per heavy atom. The van der Waals surface area contributed by atoms with Gasteiger partial charge in [0.15, 0.2) is 0 Å². The van der Waals surface area contributed by atoms with E-state index >= 15 is 0 Å². The van der Waals surface area contributed by atoms with Crippen LogP contribution in [0, 0.1) is 5.82 Å². The summed E-state index contributed by atoms with van der Waals surface area (Å²) in [6.07, 6.45) is 1.60. The van der Waals surface area contributed by atoms with Crippen LogP contribution in [0.25, 0.3) is 0 Å². The van der Waals surface area contributed by atoms with Gasteiger partial charge in [0.2, 0.25) is 11.8 Å². The highest BCUT2D eigenvalue weighted by Crippen LogP contribution is 2.24. The molecule has 0 radical (unpaired) electrons. The summed E-state index contributed by atoms with van der Waals surface area (Å²) in [6, 6.07) is 6.15. The quantitative estimate of drug-likeness (QED) is 0.843. The van der Waals surface area contributed by atoms with E-state index in [-0.39, 0.29) is 37.3 Å². The second kappa shape index (κ2) is 7.49. The minimum absolute atomic E-state index is 0.00907. The fraction of sp³-hybridized carbons (Fsp3) is 0.556. The summed E-state index contributed by atoms with van der Waals surface area (Å²) in [7, 11) is 0. The molecule has 2 aliphatic heterocycles. The predicted molar refractivity (Wildman–Crippen MR) is 88.3 cm³/mol. The number of carbonyl (C=O) groups is 2. The summed E-state index contributed by atoms with van der Waals surface area (Å²) in [5.74, 6) is -0.479. The predicted octanol–water partition coefficient (Wildman–Crippen LogP) is 0.581. The van der Waals surface area contributed by atoms with Crippen molar-refractivity contribution in [3.8, 4) is 0 Å². The number of amides is 2. The average Bonchev–Trinajstić information content (AvgIpc) is 3.00. The van der Waals surface area contributed by atoms with Gasteiger partial charge in [0.05, 0.1) is 26.3 Å². The summed E-state index contributed by atoms with van der Waals surface area (Å²) < 4.78 is 19.2. The molecule has 1 aromatic carbocycles. The summed E-state index contributed by atoms with van der Waals surface area (Å²) in [5.41, 5.74) is -0.241. The summed E-state index contributed by atoms with van der Waals surface area (Å²) >= 11 is 0. The standard InChI is InChI=1S/C18H23FN2O4/c19-15-4-1-3-14(9-15)10-18(13-22)12-21(7-8-25-18)17(24)11-20-6-2-5-16(20)23/h1,3-4,9,22H,2,5-8,10-13H2. The van der Waals surface area contributed by atoms with Gasteiger partial charge in [-0.3, -0.25) is 9.59 Å². The van der Waals surface area contributed by atoms with Gasteiger partial charge in [-0.15, -0.1) is 0 Å². The van der Waals surface area contributed by atoms with Crippen molar-refractivity contribution in [2.45, 2.75) is 24.9 Å². The van der Waals surface area contributed by atoms with Crippen LogP contribution in [0.3, 0.4) is 0 Å². The van der Waals surface area contributed by atoms with Crippen LogP contribution in [0.5, 0.6) is 0 Å². The molecule has 6 nitrogen and oxygen atoms in total. The Kier molecular flexibility index (Phi) is 5.34. The van der Waals surface area contributed by atoms with Gasteiger partial charge in [0.25, 0.3) is 0 Å². The molecule has 0 aromatic heterocycles. The molecule has 2 amide bonds. The summed E-state index contributed by atoms with van der Waals surface area (Å²) in [4.78, 5) is 27.5. The molecular formula is C18H23FN2O4. The number of ether oxygens (including phenoxy) is 1. The number of halogens is 1. The Bertz CT molecular complexity index is 654. The van der Waals surface area contributed by atoms with Crippen molar-refractivity contribution in [3.05, 3.63) is 35.6 Å². The summed E-state index contributed by atoms with van der Waals surface area (Å²) in [5, 5.41) is 9.88. The van der Waals surface area contributed by atoms with Crippen LogP contribution in [0.4, 0.5) is 4.39 Å². The highest BCUT2D eigenvalue weighted by Gasteiger charge is 2.39. The molecule has 2 fully saturated rings. The molecule has 1 atom stereocenters. The molecule has 25 heavy (non-hydrogen) atoms. The monoisotopic (exact) mass is 350 g/mol. The van der Waals surface area contributed by atoms with Crippen molar-refractivity contribution >= 4 is 11.8 Å². The maximum absolute atomic E-state index is 13.4. The van der Waals surface area contributed by atoms with Gasteiger partial charge in [-0.2, -0.15) is 0 Å². The zero-order chi connectivity index (χ0) is 17.9. The van der Waals surface area contributed by atoms with E-state index in [1.807, 2.05) is 0 Å². The zero-order valence-corrected chi connectivity index (χ0v) is 14.1. The maximum Gasteiger partial charge on any atom is 0.242 e. The number of hydrogen-bond acceptors (Lipinski definition) is 4. The fourth-order valence-electron chi connectivity index (χ4n) is 3.47. The van der Waals surface area contributed by atoms with Crippen molar-refractivity contribution in [2.24, 2.45) is 0 Å². The zero-order valence-electron chi connectivity index (χ0n) is 14.1. The number of nitrogens with zero attached hydrogens (tertiary/aromatic N) is 2. The molecule has 0 aliphatic carbocycles. The SMILES string of the molecule is O=C1CCCN1CC(=O)N1CCOC(CO)(Cc2cccc(F)c2)C1. The molecule has 2 saturated heterocycles. The number of aliphatic hydroxyl groups is 1. The molecule has 2 aliphatic rings. The maximum atomic E-state index is 13.4. The third-order valence-electron chi connectivity index (χ3n) is 4.80. The van der Waals surface area contributed by atoms with Crippen LogP contribution >= 0.6 is 0 Å². The van der Waals surface area contributed by atoms with Crippen molar-refractivity contribution in [2.75, 3.05) is 39.4 Å². The number of benzene rings is 1. The number of morpholine rings is 1. The third kappa shape index (κ3) is 4.16. The Morgan fingerprint density at radius 3 is 2.88 bits per heavy atom. The Morgan fingerprint density at radius 1 is 1.36 bits per heavy atom. The molecule has 0 saturated carbocycles. The lowest BCUT2D eigenvalue weighted by atomic mass is 9.93. The van der Waals surface area contributed by atoms with Crippen molar-refractivity contribution < 1.29 is 23.8 Å². The highest BCUT2D eigenvalue weighted by molar-refractivity contribution is 5.86. The first-order chi connectivity index (χ1) is 12.0. The van der Waals surface area contributed by atoms with Gasteiger partial charge < -0.3 is 19.6 Å². The smallest absolute Gasteiger partial charge is 0.242 e.